The highest BCUT2D eigenvalue weighted by Crippen LogP contribution is 2.36. The van der Waals surface area contributed by atoms with Crippen molar-refractivity contribution < 1.29 is 0 Å². The first-order valence-corrected chi connectivity index (χ1v) is 5.58. The van der Waals surface area contributed by atoms with Crippen molar-refractivity contribution in [1.82, 2.24) is 15.2 Å². The predicted octanol–water partition coefficient (Wildman–Crippen LogP) is 2.01. The number of pyridine rings is 1. The van der Waals surface area contributed by atoms with Crippen LogP contribution in [-0.4, -0.2) is 15.2 Å². The summed E-state index contributed by atoms with van der Waals surface area (Å²) in [6.45, 7) is 0. The fraction of sp³-hybridized carbons (Fsp3) is 0.333. The van der Waals surface area contributed by atoms with Crippen molar-refractivity contribution in [3.05, 3.63) is 30.1 Å². The summed E-state index contributed by atoms with van der Waals surface area (Å²) in [5.74, 6) is 1.36. The Balaban J connectivity index is 2.01. The number of anilines is 1. The third kappa shape index (κ3) is 1.66. The second-order valence-electron chi connectivity index (χ2n) is 4.32. The molecule has 0 amide bonds. The Labute approximate surface area is 93.9 Å². The molecule has 0 atom stereocenters. The van der Waals surface area contributed by atoms with E-state index in [9.17, 15) is 0 Å². The fourth-order valence-electron chi connectivity index (χ4n) is 1.95. The maximum absolute atomic E-state index is 5.89. The summed E-state index contributed by atoms with van der Waals surface area (Å²) in [6.07, 6.45) is 5.46. The molecular formula is C12H14N4. The number of nitrogens with one attached hydrogen (secondary N) is 1. The highest BCUT2D eigenvalue weighted by Gasteiger charge is 2.25. The SMILES string of the molecule is Nc1n[nH]c(CC2CC2)c1-c1ccccn1. The maximum atomic E-state index is 5.89. The molecule has 2 aromatic rings. The topological polar surface area (TPSA) is 67.6 Å². The van der Waals surface area contributed by atoms with Crippen LogP contribution >= 0.6 is 0 Å². The average molecular weight is 214 g/mol. The van der Waals surface area contributed by atoms with Crippen LogP contribution in [0.2, 0.25) is 0 Å². The van der Waals surface area contributed by atoms with E-state index in [1.165, 1.54) is 12.8 Å². The van der Waals surface area contributed by atoms with E-state index in [1.54, 1.807) is 6.20 Å². The van der Waals surface area contributed by atoms with E-state index in [0.717, 1.165) is 29.3 Å². The monoisotopic (exact) mass is 214 g/mol. The van der Waals surface area contributed by atoms with Gasteiger partial charge in [-0.3, -0.25) is 10.1 Å². The summed E-state index contributed by atoms with van der Waals surface area (Å²) in [4.78, 5) is 4.33. The molecule has 0 aromatic carbocycles. The molecule has 1 aliphatic carbocycles. The lowest BCUT2D eigenvalue weighted by Gasteiger charge is -2.02. The summed E-state index contributed by atoms with van der Waals surface area (Å²) in [7, 11) is 0. The molecule has 3 N–H and O–H groups in total. The maximum Gasteiger partial charge on any atom is 0.154 e. The minimum atomic E-state index is 0.550. The third-order valence-corrected chi connectivity index (χ3v) is 2.98. The van der Waals surface area contributed by atoms with E-state index < -0.39 is 0 Å². The zero-order valence-electron chi connectivity index (χ0n) is 8.98. The van der Waals surface area contributed by atoms with Crippen LogP contribution in [0.3, 0.4) is 0 Å². The molecule has 0 spiro atoms. The Bertz CT molecular complexity index is 485. The molecule has 0 radical (unpaired) electrons. The van der Waals surface area contributed by atoms with Gasteiger partial charge in [-0.15, -0.1) is 0 Å². The van der Waals surface area contributed by atoms with Crippen molar-refractivity contribution in [1.29, 1.82) is 0 Å². The van der Waals surface area contributed by atoms with Crippen LogP contribution < -0.4 is 5.73 Å². The molecule has 3 rings (SSSR count). The molecule has 0 bridgehead atoms. The molecule has 0 aliphatic heterocycles. The van der Waals surface area contributed by atoms with Crippen LogP contribution in [0.1, 0.15) is 18.5 Å². The second kappa shape index (κ2) is 3.63. The summed E-state index contributed by atoms with van der Waals surface area (Å²) in [5, 5.41) is 7.12. The second-order valence-corrected chi connectivity index (χ2v) is 4.32. The van der Waals surface area contributed by atoms with Crippen molar-refractivity contribution in [3.8, 4) is 11.3 Å². The molecule has 0 unspecified atom stereocenters. The van der Waals surface area contributed by atoms with Crippen molar-refractivity contribution in [2.45, 2.75) is 19.3 Å². The number of H-pyrrole nitrogens is 1. The van der Waals surface area contributed by atoms with Gasteiger partial charge in [-0.05, 0) is 37.3 Å². The first kappa shape index (κ1) is 9.39. The Morgan fingerprint density at radius 1 is 1.38 bits per heavy atom. The van der Waals surface area contributed by atoms with Gasteiger partial charge in [0.25, 0.3) is 0 Å². The molecule has 82 valence electrons. The number of rotatable bonds is 3. The smallest absolute Gasteiger partial charge is 0.154 e. The lowest BCUT2D eigenvalue weighted by molar-refractivity contribution is 0.797. The average Bonchev–Trinajstić information content (AvgIpc) is 3.04. The van der Waals surface area contributed by atoms with Crippen LogP contribution in [0, 0.1) is 5.92 Å². The standard InChI is InChI=1S/C12H14N4/c13-12-11(9-3-1-2-6-14-9)10(15-16-12)7-8-4-5-8/h1-3,6,8H,4-5,7H2,(H3,13,15,16). The minimum absolute atomic E-state index is 0.550. The lowest BCUT2D eigenvalue weighted by Crippen LogP contribution is -1.94. The van der Waals surface area contributed by atoms with Gasteiger partial charge in [-0.2, -0.15) is 5.10 Å². The number of hydrogen-bond donors (Lipinski definition) is 2. The summed E-state index contributed by atoms with van der Waals surface area (Å²) in [5.41, 5.74) is 8.90. The van der Waals surface area contributed by atoms with Crippen LogP contribution in [0.5, 0.6) is 0 Å². The minimum Gasteiger partial charge on any atom is -0.382 e. The first-order valence-electron chi connectivity index (χ1n) is 5.58. The highest BCUT2D eigenvalue weighted by atomic mass is 15.2. The quantitative estimate of drug-likeness (QED) is 0.821. The largest absolute Gasteiger partial charge is 0.382 e. The van der Waals surface area contributed by atoms with Gasteiger partial charge in [0.2, 0.25) is 0 Å². The van der Waals surface area contributed by atoms with E-state index in [4.69, 9.17) is 5.73 Å². The summed E-state index contributed by atoms with van der Waals surface area (Å²) < 4.78 is 0. The number of nitrogens with two attached hydrogens (primary N) is 1. The number of nitrogen functional groups attached to an aromatic ring is 1. The van der Waals surface area contributed by atoms with Gasteiger partial charge in [-0.1, -0.05) is 6.07 Å². The molecule has 2 aromatic heterocycles. The predicted molar refractivity (Wildman–Crippen MR) is 62.7 cm³/mol. The first-order chi connectivity index (χ1) is 7.84. The van der Waals surface area contributed by atoms with E-state index >= 15 is 0 Å². The lowest BCUT2D eigenvalue weighted by atomic mass is 10.1. The zero-order chi connectivity index (χ0) is 11.0. The highest BCUT2D eigenvalue weighted by molar-refractivity contribution is 5.73. The van der Waals surface area contributed by atoms with Crippen LogP contribution in [0.15, 0.2) is 24.4 Å². The van der Waals surface area contributed by atoms with Gasteiger partial charge in [0.1, 0.15) is 0 Å². The molecule has 2 heterocycles. The van der Waals surface area contributed by atoms with Crippen molar-refractivity contribution in [2.24, 2.45) is 5.92 Å². The Morgan fingerprint density at radius 2 is 2.25 bits per heavy atom. The van der Waals surface area contributed by atoms with E-state index in [2.05, 4.69) is 15.2 Å². The number of aromatic nitrogens is 3. The molecule has 0 saturated heterocycles. The molecule has 1 fully saturated rings. The Morgan fingerprint density at radius 3 is 2.94 bits per heavy atom. The third-order valence-electron chi connectivity index (χ3n) is 2.98. The van der Waals surface area contributed by atoms with E-state index in [0.29, 0.717) is 5.82 Å². The Kier molecular flexibility index (Phi) is 2.13. The molecular weight excluding hydrogens is 200 g/mol. The summed E-state index contributed by atoms with van der Waals surface area (Å²) in [6, 6.07) is 5.84. The van der Waals surface area contributed by atoms with Gasteiger partial charge in [-0.25, -0.2) is 0 Å². The van der Waals surface area contributed by atoms with Crippen LogP contribution in [0.25, 0.3) is 11.3 Å². The number of hydrogen-bond acceptors (Lipinski definition) is 3. The number of nitrogens with zero attached hydrogens (tertiary/aromatic N) is 2. The van der Waals surface area contributed by atoms with Crippen molar-refractivity contribution >= 4 is 5.82 Å². The van der Waals surface area contributed by atoms with Gasteiger partial charge in [0.15, 0.2) is 5.82 Å². The van der Waals surface area contributed by atoms with Crippen LogP contribution in [0.4, 0.5) is 5.82 Å². The van der Waals surface area contributed by atoms with Gasteiger partial charge in [0.05, 0.1) is 11.3 Å². The fourth-order valence-corrected chi connectivity index (χ4v) is 1.95. The van der Waals surface area contributed by atoms with E-state index in [-0.39, 0.29) is 0 Å². The van der Waals surface area contributed by atoms with Crippen molar-refractivity contribution in [2.75, 3.05) is 5.73 Å². The van der Waals surface area contributed by atoms with Gasteiger partial charge >= 0.3 is 0 Å². The molecule has 4 nitrogen and oxygen atoms in total. The van der Waals surface area contributed by atoms with Gasteiger partial charge < -0.3 is 5.73 Å². The molecule has 4 heteroatoms. The molecule has 1 aliphatic rings. The Hall–Kier alpha value is -1.84. The van der Waals surface area contributed by atoms with Crippen molar-refractivity contribution in [3.63, 3.8) is 0 Å². The molecule has 16 heavy (non-hydrogen) atoms. The number of aromatic amines is 1. The summed E-state index contributed by atoms with van der Waals surface area (Å²) >= 11 is 0. The van der Waals surface area contributed by atoms with Gasteiger partial charge in [0, 0.05) is 11.9 Å². The van der Waals surface area contributed by atoms with Crippen LogP contribution in [-0.2, 0) is 6.42 Å². The normalized spacial score (nSPS) is 15.2. The van der Waals surface area contributed by atoms with E-state index in [1.807, 2.05) is 18.2 Å². The molecule has 1 saturated carbocycles. The zero-order valence-corrected chi connectivity index (χ0v) is 8.98.